The van der Waals surface area contributed by atoms with Gasteiger partial charge in [0.05, 0.1) is 18.0 Å². The number of nitrogens with one attached hydrogen (secondary N) is 1. The standard InChI is InChI=1S/C20H23N5O/c1-15(2)26-18-12-8-7-11-17(18)22-20-23-19(13-21-24-20)25(3)14-16-9-5-4-6-10-16/h4-13,15H,14H2,1-3H3,(H,22,23,24). The van der Waals surface area contributed by atoms with E-state index in [1.54, 1.807) is 6.20 Å². The molecule has 1 N–H and O–H groups in total. The van der Waals surface area contributed by atoms with Gasteiger partial charge in [0, 0.05) is 13.6 Å². The highest BCUT2D eigenvalue weighted by Gasteiger charge is 2.10. The fourth-order valence-electron chi connectivity index (χ4n) is 2.52. The summed E-state index contributed by atoms with van der Waals surface area (Å²) in [7, 11) is 1.98. The van der Waals surface area contributed by atoms with E-state index in [0.717, 1.165) is 23.8 Å². The zero-order valence-corrected chi connectivity index (χ0v) is 15.3. The van der Waals surface area contributed by atoms with E-state index < -0.39 is 0 Å². The summed E-state index contributed by atoms with van der Waals surface area (Å²) < 4.78 is 5.83. The van der Waals surface area contributed by atoms with Gasteiger partial charge in [-0.15, -0.1) is 5.10 Å². The SMILES string of the molecule is CC(C)Oc1ccccc1Nc1nncc(N(C)Cc2ccccc2)n1. The van der Waals surface area contributed by atoms with Crippen LogP contribution in [0, 0.1) is 0 Å². The van der Waals surface area contributed by atoms with Crippen molar-refractivity contribution in [2.75, 3.05) is 17.3 Å². The van der Waals surface area contributed by atoms with E-state index in [-0.39, 0.29) is 6.10 Å². The van der Waals surface area contributed by atoms with E-state index in [1.165, 1.54) is 5.56 Å². The van der Waals surface area contributed by atoms with Crippen molar-refractivity contribution in [3.63, 3.8) is 0 Å². The Labute approximate surface area is 153 Å². The van der Waals surface area contributed by atoms with E-state index in [2.05, 4.69) is 32.6 Å². The molecule has 1 aromatic heterocycles. The molecule has 0 amide bonds. The lowest BCUT2D eigenvalue weighted by atomic mass is 10.2. The second-order valence-corrected chi connectivity index (χ2v) is 6.27. The van der Waals surface area contributed by atoms with Crippen LogP contribution in [0.3, 0.4) is 0 Å². The molecule has 0 unspecified atom stereocenters. The number of para-hydroxylation sites is 2. The van der Waals surface area contributed by atoms with Crippen LogP contribution in [0.4, 0.5) is 17.5 Å². The van der Waals surface area contributed by atoms with Crippen molar-refractivity contribution in [1.29, 1.82) is 0 Å². The monoisotopic (exact) mass is 349 g/mol. The van der Waals surface area contributed by atoms with Gasteiger partial charge in [-0.05, 0) is 31.5 Å². The van der Waals surface area contributed by atoms with Crippen LogP contribution in [0.5, 0.6) is 5.75 Å². The molecule has 0 aliphatic heterocycles. The average Bonchev–Trinajstić information content (AvgIpc) is 2.64. The normalized spacial score (nSPS) is 10.6. The highest BCUT2D eigenvalue weighted by Crippen LogP contribution is 2.27. The summed E-state index contributed by atoms with van der Waals surface area (Å²) in [6.45, 7) is 4.73. The highest BCUT2D eigenvalue weighted by atomic mass is 16.5. The quantitative estimate of drug-likeness (QED) is 0.694. The Kier molecular flexibility index (Phi) is 5.63. The zero-order valence-electron chi connectivity index (χ0n) is 15.3. The van der Waals surface area contributed by atoms with E-state index in [9.17, 15) is 0 Å². The molecule has 0 aliphatic rings. The third kappa shape index (κ3) is 4.69. The molecule has 0 saturated heterocycles. The summed E-state index contributed by atoms with van der Waals surface area (Å²) in [6, 6.07) is 18.0. The second-order valence-electron chi connectivity index (χ2n) is 6.27. The third-order valence-corrected chi connectivity index (χ3v) is 3.70. The molecule has 3 rings (SSSR count). The van der Waals surface area contributed by atoms with E-state index in [0.29, 0.717) is 5.95 Å². The summed E-state index contributed by atoms with van der Waals surface area (Å²) in [5, 5.41) is 11.4. The Balaban J connectivity index is 1.76. The van der Waals surface area contributed by atoms with Gasteiger partial charge < -0.3 is 15.0 Å². The summed E-state index contributed by atoms with van der Waals surface area (Å²) in [5.41, 5.74) is 2.02. The second kappa shape index (κ2) is 8.29. The molecule has 6 heteroatoms. The predicted octanol–water partition coefficient (Wildman–Crippen LogP) is 4.04. The summed E-state index contributed by atoms with van der Waals surface area (Å²) in [6.07, 6.45) is 1.74. The van der Waals surface area contributed by atoms with Gasteiger partial charge >= 0.3 is 0 Å². The van der Waals surface area contributed by atoms with E-state index in [4.69, 9.17) is 4.74 Å². The molecular formula is C20H23N5O. The Hall–Kier alpha value is -3.15. The molecule has 2 aromatic carbocycles. The Morgan fingerprint density at radius 2 is 1.77 bits per heavy atom. The van der Waals surface area contributed by atoms with Gasteiger partial charge in [0.25, 0.3) is 0 Å². The van der Waals surface area contributed by atoms with Crippen LogP contribution in [-0.2, 0) is 6.54 Å². The maximum atomic E-state index is 5.83. The minimum absolute atomic E-state index is 0.0836. The van der Waals surface area contributed by atoms with Crippen LogP contribution in [0.2, 0.25) is 0 Å². The van der Waals surface area contributed by atoms with Crippen LogP contribution in [-0.4, -0.2) is 28.3 Å². The van der Waals surface area contributed by atoms with Gasteiger partial charge in [0.15, 0.2) is 5.82 Å². The molecule has 0 atom stereocenters. The van der Waals surface area contributed by atoms with Crippen LogP contribution < -0.4 is 15.0 Å². The fourth-order valence-corrected chi connectivity index (χ4v) is 2.52. The first-order valence-electron chi connectivity index (χ1n) is 8.59. The molecule has 0 aliphatic carbocycles. The molecule has 0 spiro atoms. The first-order valence-corrected chi connectivity index (χ1v) is 8.59. The predicted molar refractivity (Wildman–Crippen MR) is 104 cm³/mol. The first kappa shape index (κ1) is 17.7. The van der Waals surface area contributed by atoms with Crippen LogP contribution in [0.25, 0.3) is 0 Å². The smallest absolute Gasteiger partial charge is 0.249 e. The number of ether oxygens (including phenoxy) is 1. The number of nitrogens with zero attached hydrogens (tertiary/aromatic N) is 4. The van der Waals surface area contributed by atoms with Crippen molar-refractivity contribution in [3.8, 4) is 5.75 Å². The molecule has 6 nitrogen and oxygen atoms in total. The Morgan fingerprint density at radius 1 is 1.04 bits per heavy atom. The number of anilines is 3. The molecular weight excluding hydrogens is 326 g/mol. The van der Waals surface area contributed by atoms with Crippen molar-refractivity contribution < 1.29 is 4.74 Å². The molecule has 0 fully saturated rings. The Bertz CT molecular complexity index is 838. The number of rotatable bonds is 7. The molecule has 1 heterocycles. The number of hydrogen-bond acceptors (Lipinski definition) is 6. The average molecular weight is 349 g/mol. The summed E-state index contributed by atoms with van der Waals surface area (Å²) >= 11 is 0. The third-order valence-electron chi connectivity index (χ3n) is 3.70. The topological polar surface area (TPSA) is 63.2 Å². The molecule has 0 saturated carbocycles. The van der Waals surface area contributed by atoms with Crippen molar-refractivity contribution in [1.82, 2.24) is 15.2 Å². The number of aromatic nitrogens is 3. The lowest BCUT2D eigenvalue weighted by Gasteiger charge is -2.18. The lowest BCUT2D eigenvalue weighted by Crippen LogP contribution is -2.18. The first-order chi connectivity index (χ1) is 12.6. The van der Waals surface area contributed by atoms with Crippen molar-refractivity contribution in [2.45, 2.75) is 26.5 Å². The van der Waals surface area contributed by atoms with Crippen LogP contribution in [0.1, 0.15) is 19.4 Å². The minimum atomic E-state index is 0.0836. The summed E-state index contributed by atoms with van der Waals surface area (Å²) in [4.78, 5) is 6.60. The minimum Gasteiger partial charge on any atom is -0.489 e. The van der Waals surface area contributed by atoms with Crippen LogP contribution in [0.15, 0.2) is 60.8 Å². The molecule has 134 valence electrons. The zero-order chi connectivity index (χ0) is 18.4. The lowest BCUT2D eigenvalue weighted by molar-refractivity contribution is 0.244. The molecule has 0 radical (unpaired) electrons. The maximum Gasteiger partial charge on any atom is 0.249 e. The fraction of sp³-hybridized carbons (Fsp3) is 0.250. The van der Waals surface area contributed by atoms with Gasteiger partial charge in [0.1, 0.15) is 5.75 Å². The highest BCUT2D eigenvalue weighted by molar-refractivity contribution is 5.62. The van der Waals surface area contributed by atoms with Crippen molar-refractivity contribution >= 4 is 17.5 Å². The number of benzene rings is 2. The van der Waals surface area contributed by atoms with Gasteiger partial charge in [-0.1, -0.05) is 42.5 Å². The molecule has 26 heavy (non-hydrogen) atoms. The molecule has 0 bridgehead atoms. The van der Waals surface area contributed by atoms with E-state index >= 15 is 0 Å². The van der Waals surface area contributed by atoms with Crippen molar-refractivity contribution in [2.24, 2.45) is 0 Å². The van der Waals surface area contributed by atoms with Gasteiger partial charge in [-0.2, -0.15) is 10.1 Å². The largest absolute Gasteiger partial charge is 0.489 e. The Morgan fingerprint density at radius 3 is 2.54 bits per heavy atom. The molecule has 3 aromatic rings. The van der Waals surface area contributed by atoms with Gasteiger partial charge in [-0.3, -0.25) is 0 Å². The van der Waals surface area contributed by atoms with Crippen LogP contribution >= 0.6 is 0 Å². The van der Waals surface area contributed by atoms with Gasteiger partial charge in [0.2, 0.25) is 5.95 Å². The van der Waals surface area contributed by atoms with E-state index in [1.807, 2.05) is 68.3 Å². The van der Waals surface area contributed by atoms with Gasteiger partial charge in [-0.25, -0.2) is 0 Å². The summed E-state index contributed by atoms with van der Waals surface area (Å²) in [5.74, 6) is 1.94. The van der Waals surface area contributed by atoms with Crippen molar-refractivity contribution in [3.05, 3.63) is 66.4 Å². The maximum absolute atomic E-state index is 5.83. The number of hydrogen-bond donors (Lipinski definition) is 1.